The molecule has 0 radical (unpaired) electrons. The van der Waals surface area contributed by atoms with Gasteiger partial charge < -0.3 is 10.8 Å². The summed E-state index contributed by atoms with van der Waals surface area (Å²) in [6.07, 6.45) is 0. The number of carboxylic acids is 1. The third-order valence-electron chi connectivity index (χ3n) is 3.57. The van der Waals surface area contributed by atoms with Crippen molar-refractivity contribution in [1.82, 2.24) is 0 Å². The number of aliphatic carboxylic acids is 1. The standard InChI is InChI=1S/C15H13N3O6.ClH/c16-14(15(19)20)13(9-1-5-11(6-2-9)17(21)22)10-3-7-12(8-4-10)18(23)24;/h1-8,13-14H,16H2,(H,19,20);1H/t14-;/m0./s1. The Hall–Kier alpha value is -3.04. The summed E-state index contributed by atoms with van der Waals surface area (Å²) in [4.78, 5) is 31.6. The second-order valence-corrected chi connectivity index (χ2v) is 5.04. The number of non-ortho nitro benzene ring substituents is 2. The highest BCUT2D eigenvalue weighted by Gasteiger charge is 2.28. The molecule has 2 rings (SSSR count). The monoisotopic (exact) mass is 367 g/mol. The number of hydrogen-bond acceptors (Lipinski definition) is 6. The van der Waals surface area contributed by atoms with E-state index in [-0.39, 0.29) is 23.8 Å². The molecule has 9 nitrogen and oxygen atoms in total. The normalized spacial score (nSPS) is 11.4. The Kier molecular flexibility index (Phi) is 6.54. The zero-order chi connectivity index (χ0) is 17.9. The molecule has 1 atom stereocenters. The van der Waals surface area contributed by atoms with Crippen LogP contribution < -0.4 is 5.73 Å². The lowest BCUT2D eigenvalue weighted by Gasteiger charge is -2.21. The molecule has 0 unspecified atom stereocenters. The second kappa shape index (κ2) is 8.18. The van der Waals surface area contributed by atoms with Crippen LogP contribution in [0.3, 0.4) is 0 Å². The van der Waals surface area contributed by atoms with Crippen molar-refractivity contribution in [2.45, 2.75) is 12.0 Å². The molecule has 0 aliphatic heterocycles. The van der Waals surface area contributed by atoms with Gasteiger partial charge in [0.2, 0.25) is 0 Å². The van der Waals surface area contributed by atoms with Crippen molar-refractivity contribution in [3.8, 4) is 0 Å². The van der Waals surface area contributed by atoms with Gasteiger partial charge in [-0.05, 0) is 11.1 Å². The third kappa shape index (κ3) is 4.49. The van der Waals surface area contributed by atoms with E-state index in [9.17, 15) is 30.1 Å². The second-order valence-electron chi connectivity index (χ2n) is 5.04. The molecule has 0 saturated heterocycles. The molecule has 0 fully saturated rings. The minimum absolute atomic E-state index is 0. The maximum Gasteiger partial charge on any atom is 0.321 e. The number of carbonyl (C=O) groups is 1. The summed E-state index contributed by atoms with van der Waals surface area (Å²) in [5.74, 6) is -2.05. The van der Waals surface area contributed by atoms with Crippen LogP contribution in [0.5, 0.6) is 0 Å². The molecule has 0 aliphatic carbocycles. The van der Waals surface area contributed by atoms with Gasteiger partial charge in [-0.25, -0.2) is 0 Å². The molecule has 132 valence electrons. The van der Waals surface area contributed by atoms with Crippen LogP contribution in [-0.2, 0) is 4.79 Å². The van der Waals surface area contributed by atoms with Crippen LogP contribution in [0.4, 0.5) is 11.4 Å². The number of halogens is 1. The molecule has 2 aromatic rings. The molecular weight excluding hydrogens is 354 g/mol. The molecule has 0 aliphatic rings. The number of nitrogens with zero attached hydrogens (tertiary/aromatic N) is 2. The first-order valence-electron chi connectivity index (χ1n) is 6.78. The van der Waals surface area contributed by atoms with Crippen LogP contribution >= 0.6 is 12.4 Å². The number of rotatable bonds is 6. The van der Waals surface area contributed by atoms with Crippen LogP contribution in [0.25, 0.3) is 0 Å². The van der Waals surface area contributed by atoms with Crippen LogP contribution in [0.2, 0.25) is 0 Å². The van der Waals surface area contributed by atoms with Crippen molar-refractivity contribution >= 4 is 29.8 Å². The minimum atomic E-state index is -1.31. The maximum atomic E-state index is 11.3. The van der Waals surface area contributed by atoms with Gasteiger partial charge in [0.15, 0.2) is 0 Å². The zero-order valence-corrected chi connectivity index (χ0v) is 13.5. The highest BCUT2D eigenvalue weighted by Crippen LogP contribution is 2.30. The molecule has 0 saturated carbocycles. The van der Waals surface area contributed by atoms with E-state index in [1.165, 1.54) is 48.5 Å². The van der Waals surface area contributed by atoms with Crippen molar-refractivity contribution in [3.63, 3.8) is 0 Å². The lowest BCUT2D eigenvalue weighted by Crippen LogP contribution is -2.37. The largest absolute Gasteiger partial charge is 0.480 e. The van der Waals surface area contributed by atoms with Crippen molar-refractivity contribution in [2.75, 3.05) is 0 Å². The van der Waals surface area contributed by atoms with E-state index in [1.807, 2.05) is 0 Å². The van der Waals surface area contributed by atoms with Gasteiger partial charge in [-0.1, -0.05) is 24.3 Å². The van der Waals surface area contributed by atoms with Crippen LogP contribution in [0.1, 0.15) is 17.0 Å². The number of nitrogens with two attached hydrogens (primary N) is 1. The summed E-state index contributed by atoms with van der Waals surface area (Å²) in [6.45, 7) is 0. The first-order valence-corrected chi connectivity index (χ1v) is 6.78. The first kappa shape index (κ1) is 20.0. The molecule has 10 heteroatoms. The average Bonchev–Trinajstić information content (AvgIpc) is 2.55. The Morgan fingerprint density at radius 2 is 1.20 bits per heavy atom. The third-order valence-corrected chi connectivity index (χ3v) is 3.57. The maximum absolute atomic E-state index is 11.3. The fraction of sp³-hybridized carbons (Fsp3) is 0.133. The van der Waals surface area contributed by atoms with Gasteiger partial charge in [0.1, 0.15) is 6.04 Å². The number of nitro groups is 2. The number of nitro benzene ring substituents is 2. The van der Waals surface area contributed by atoms with Crippen molar-refractivity contribution < 1.29 is 19.7 Å². The summed E-state index contributed by atoms with van der Waals surface area (Å²) in [5.41, 5.74) is 6.41. The molecule has 0 amide bonds. The van der Waals surface area contributed by atoms with Gasteiger partial charge in [-0.15, -0.1) is 12.4 Å². The summed E-state index contributed by atoms with van der Waals surface area (Å²) in [6, 6.07) is 9.39. The Balaban J connectivity index is 0.00000312. The summed E-state index contributed by atoms with van der Waals surface area (Å²) < 4.78 is 0. The zero-order valence-electron chi connectivity index (χ0n) is 12.6. The topological polar surface area (TPSA) is 150 Å². The van der Waals surface area contributed by atoms with E-state index in [1.54, 1.807) is 0 Å². The van der Waals surface area contributed by atoms with Gasteiger partial charge in [-0.3, -0.25) is 25.0 Å². The molecule has 0 bridgehead atoms. The molecule has 0 heterocycles. The van der Waals surface area contributed by atoms with E-state index in [4.69, 9.17) is 5.73 Å². The van der Waals surface area contributed by atoms with Crippen LogP contribution in [0, 0.1) is 20.2 Å². The number of benzene rings is 2. The highest BCUT2D eigenvalue weighted by atomic mass is 35.5. The van der Waals surface area contributed by atoms with Crippen LogP contribution in [-0.4, -0.2) is 27.0 Å². The van der Waals surface area contributed by atoms with E-state index in [2.05, 4.69) is 0 Å². The summed E-state index contributed by atoms with van der Waals surface area (Å²) in [5, 5.41) is 30.7. The lowest BCUT2D eigenvalue weighted by molar-refractivity contribution is -0.385. The highest BCUT2D eigenvalue weighted by molar-refractivity contribution is 5.85. The molecule has 25 heavy (non-hydrogen) atoms. The molecule has 3 N–H and O–H groups in total. The van der Waals surface area contributed by atoms with E-state index < -0.39 is 27.8 Å². The molecule has 2 aromatic carbocycles. The summed E-state index contributed by atoms with van der Waals surface area (Å²) in [7, 11) is 0. The fourth-order valence-electron chi connectivity index (χ4n) is 2.36. The Labute approximate surface area is 147 Å². The van der Waals surface area contributed by atoms with Gasteiger partial charge in [0.05, 0.1) is 9.85 Å². The van der Waals surface area contributed by atoms with Crippen molar-refractivity contribution in [2.24, 2.45) is 5.73 Å². The first-order chi connectivity index (χ1) is 11.3. The van der Waals surface area contributed by atoms with Gasteiger partial charge in [0, 0.05) is 30.2 Å². The smallest absolute Gasteiger partial charge is 0.321 e. The molecule has 0 aromatic heterocycles. The predicted molar refractivity (Wildman–Crippen MR) is 90.9 cm³/mol. The Bertz CT molecular complexity index is 721. The van der Waals surface area contributed by atoms with Crippen molar-refractivity contribution in [1.29, 1.82) is 0 Å². The van der Waals surface area contributed by atoms with Gasteiger partial charge >= 0.3 is 5.97 Å². The predicted octanol–water partition coefficient (Wildman–Crippen LogP) is 2.47. The van der Waals surface area contributed by atoms with Crippen LogP contribution in [0.15, 0.2) is 48.5 Å². The van der Waals surface area contributed by atoms with Gasteiger partial charge in [-0.2, -0.15) is 0 Å². The molecule has 0 spiro atoms. The average molecular weight is 368 g/mol. The number of carboxylic acid groups (broad SMARTS) is 1. The van der Waals surface area contributed by atoms with E-state index in [0.29, 0.717) is 11.1 Å². The van der Waals surface area contributed by atoms with Gasteiger partial charge in [0.25, 0.3) is 11.4 Å². The fourth-order valence-corrected chi connectivity index (χ4v) is 2.36. The SMILES string of the molecule is Cl.N[C@H](C(=O)O)C(c1ccc([N+](=O)[O-])cc1)c1ccc([N+](=O)[O-])cc1. The molecular formula is C15H14ClN3O6. The lowest BCUT2D eigenvalue weighted by atomic mass is 9.85. The Morgan fingerprint density at radius 1 is 0.880 bits per heavy atom. The minimum Gasteiger partial charge on any atom is -0.480 e. The summed E-state index contributed by atoms with van der Waals surface area (Å²) >= 11 is 0. The van der Waals surface area contributed by atoms with E-state index >= 15 is 0 Å². The Morgan fingerprint density at radius 3 is 1.44 bits per heavy atom. The quantitative estimate of drug-likeness (QED) is 0.587. The van der Waals surface area contributed by atoms with Crippen molar-refractivity contribution in [3.05, 3.63) is 79.9 Å². The van der Waals surface area contributed by atoms with E-state index in [0.717, 1.165) is 0 Å². The number of hydrogen-bond donors (Lipinski definition) is 2.